The van der Waals surface area contributed by atoms with E-state index in [4.69, 9.17) is 15.9 Å². The first kappa shape index (κ1) is 12.4. The number of aromatic nitrogens is 1. The molecule has 1 rings (SSSR count). The molecule has 0 fully saturated rings. The molecular formula is C10H15N3O3. The highest BCUT2D eigenvalue weighted by Crippen LogP contribution is 2.11. The lowest BCUT2D eigenvalue weighted by atomic mass is 10.2. The fourth-order valence-corrected chi connectivity index (χ4v) is 1.33. The van der Waals surface area contributed by atoms with Gasteiger partial charge in [0.15, 0.2) is 0 Å². The number of carbonyl (C=O) groups excluding carboxylic acids is 1. The average molecular weight is 225 g/mol. The maximum atomic E-state index is 11.9. The molecule has 88 valence electrons. The summed E-state index contributed by atoms with van der Waals surface area (Å²) in [5, 5.41) is 17.6. The molecule has 0 spiro atoms. The molecule has 0 unspecified atom stereocenters. The molecular weight excluding hydrogens is 210 g/mol. The number of aliphatic hydroxyl groups excluding tert-OH is 2. The number of amides is 1. The minimum atomic E-state index is -0.317. The van der Waals surface area contributed by atoms with E-state index >= 15 is 0 Å². The SMILES string of the molecule is Nc1cnccc1C(=O)N(CCO)CCO. The molecule has 0 aliphatic rings. The number of carbonyl (C=O) groups is 1. The van der Waals surface area contributed by atoms with Crippen molar-refractivity contribution in [1.29, 1.82) is 0 Å². The highest BCUT2D eigenvalue weighted by Gasteiger charge is 2.16. The van der Waals surface area contributed by atoms with Gasteiger partial charge in [0, 0.05) is 19.3 Å². The van der Waals surface area contributed by atoms with Crippen molar-refractivity contribution in [1.82, 2.24) is 9.88 Å². The van der Waals surface area contributed by atoms with E-state index < -0.39 is 0 Å². The third-order valence-electron chi connectivity index (χ3n) is 2.11. The summed E-state index contributed by atoms with van der Waals surface area (Å²) in [7, 11) is 0. The normalized spacial score (nSPS) is 10.1. The van der Waals surface area contributed by atoms with Crippen LogP contribution < -0.4 is 5.73 Å². The second kappa shape index (κ2) is 6.04. The zero-order valence-corrected chi connectivity index (χ0v) is 8.83. The number of nitrogen functional groups attached to an aromatic ring is 1. The summed E-state index contributed by atoms with van der Waals surface area (Å²) >= 11 is 0. The van der Waals surface area contributed by atoms with Crippen molar-refractivity contribution in [2.24, 2.45) is 0 Å². The van der Waals surface area contributed by atoms with Crippen LogP contribution in [0.3, 0.4) is 0 Å². The number of nitrogens with two attached hydrogens (primary N) is 1. The van der Waals surface area contributed by atoms with E-state index in [9.17, 15) is 4.79 Å². The molecule has 0 aliphatic heterocycles. The average Bonchev–Trinajstić information content (AvgIpc) is 2.28. The fraction of sp³-hybridized carbons (Fsp3) is 0.400. The Morgan fingerprint density at radius 2 is 2.00 bits per heavy atom. The van der Waals surface area contributed by atoms with Crippen molar-refractivity contribution in [2.75, 3.05) is 32.0 Å². The number of rotatable bonds is 5. The minimum absolute atomic E-state index is 0.156. The first-order valence-corrected chi connectivity index (χ1v) is 4.91. The molecule has 0 atom stereocenters. The number of aliphatic hydroxyl groups is 2. The smallest absolute Gasteiger partial charge is 0.256 e. The lowest BCUT2D eigenvalue weighted by molar-refractivity contribution is 0.0686. The second-order valence-electron chi connectivity index (χ2n) is 3.20. The van der Waals surface area contributed by atoms with E-state index in [1.807, 2.05) is 0 Å². The summed E-state index contributed by atoms with van der Waals surface area (Å²) in [6.45, 7) is 0.0236. The van der Waals surface area contributed by atoms with Gasteiger partial charge < -0.3 is 20.8 Å². The Morgan fingerprint density at radius 3 is 2.50 bits per heavy atom. The van der Waals surface area contributed by atoms with Crippen molar-refractivity contribution in [3.05, 3.63) is 24.0 Å². The van der Waals surface area contributed by atoms with Crippen LogP contribution in [0.15, 0.2) is 18.5 Å². The summed E-state index contributed by atoms with van der Waals surface area (Å²) in [6.07, 6.45) is 2.86. The van der Waals surface area contributed by atoms with Gasteiger partial charge in [-0.15, -0.1) is 0 Å². The van der Waals surface area contributed by atoms with Crippen LogP contribution in [-0.4, -0.2) is 52.3 Å². The van der Waals surface area contributed by atoms with Gasteiger partial charge in [0.1, 0.15) is 0 Å². The third kappa shape index (κ3) is 2.91. The van der Waals surface area contributed by atoms with E-state index in [-0.39, 0.29) is 37.9 Å². The van der Waals surface area contributed by atoms with Crippen LogP contribution in [0.4, 0.5) is 5.69 Å². The van der Waals surface area contributed by atoms with Gasteiger partial charge in [-0.2, -0.15) is 0 Å². The first-order valence-electron chi connectivity index (χ1n) is 4.91. The Hall–Kier alpha value is -1.66. The predicted octanol–water partition coefficient (Wildman–Crippen LogP) is -0.909. The lowest BCUT2D eigenvalue weighted by Gasteiger charge is -2.21. The Morgan fingerprint density at radius 1 is 1.38 bits per heavy atom. The maximum absolute atomic E-state index is 11.9. The molecule has 0 saturated heterocycles. The summed E-state index contributed by atoms with van der Waals surface area (Å²) < 4.78 is 0. The quantitative estimate of drug-likeness (QED) is 0.602. The van der Waals surface area contributed by atoms with Crippen molar-refractivity contribution in [2.45, 2.75) is 0 Å². The predicted molar refractivity (Wildman–Crippen MR) is 58.7 cm³/mol. The van der Waals surface area contributed by atoms with Crippen molar-refractivity contribution >= 4 is 11.6 Å². The highest BCUT2D eigenvalue weighted by atomic mass is 16.3. The van der Waals surface area contributed by atoms with Crippen LogP contribution in [0.25, 0.3) is 0 Å². The third-order valence-corrected chi connectivity index (χ3v) is 2.11. The lowest BCUT2D eigenvalue weighted by Crippen LogP contribution is -2.36. The summed E-state index contributed by atoms with van der Waals surface area (Å²) in [5.74, 6) is -0.317. The van der Waals surface area contributed by atoms with Gasteiger partial charge in [-0.05, 0) is 6.07 Å². The standard InChI is InChI=1S/C10H15N3O3/c11-9-7-12-2-1-8(9)10(16)13(3-5-14)4-6-15/h1-2,7,14-15H,3-6,11H2. The second-order valence-corrected chi connectivity index (χ2v) is 3.20. The topological polar surface area (TPSA) is 99.7 Å². The number of anilines is 1. The van der Waals surface area contributed by atoms with Gasteiger partial charge in [-0.3, -0.25) is 9.78 Å². The molecule has 1 heterocycles. The minimum Gasteiger partial charge on any atom is -0.397 e. The van der Waals surface area contributed by atoms with Gasteiger partial charge in [-0.1, -0.05) is 0 Å². The van der Waals surface area contributed by atoms with Crippen LogP contribution >= 0.6 is 0 Å². The van der Waals surface area contributed by atoms with E-state index in [0.29, 0.717) is 5.56 Å². The number of hydrogen-bond acceptors (Lipinski definition) is 5. The van der Waals surface area contributed by atoms with E-state index in [1.165, 1.54) is 23.4 Å². The van der Waals surface area contributed by atoms with Gasteiger partial charge in [0.05, 0.1) is 30.7 Å². The maximum Gasteiger partial charge on any atom is 0.256 e. The molecule has 16 heavy (non-hydrogen) atoms. The van der Waals surface area contributed by atoms with Gasteiger partial charge in [0.25, 0.3) is 5.91 Å². The van der Waals surface area contributed by atoms with Crippen LogP contribution in [0.1, 0.15) is 10.4 Å². The molecule has 0 radical (unpaired) electrons. The highest BCUT2D eigenvalue weighted by molar-refractivity contribution is 5.98. The zero-order chi connectivity index (χ0) is 12.0. The monoisotopic (exact) mass is 225 g/mol. The largest absolute Gasteiger partial charge is 0.397 e. The zero-order valence-electron chi connectivity index (χ0n) is 8.83. The molecule has 4 N–H and O–H groups in total. The first-order chi connectivity index (χ1) is 7.70. The summed E-state index contributed by atoms with van der Waals surface area (Å²) in [5.41, 5.74) is 6.23. The van der Waals surface area contributed by atoms with Crippen LogP contribution in [0, 0.1) is 0 Å². The van der Waals surface area contributed by atoms with Gasteiger partial charge in [-0.25, -0.2) is 0 Å². The molecule has 1 amide bonds. The molecule has 0 bridgehead atoms. The molecule has 0 aromatic carbocycles. The van der Waals surface area contributed by atoms with E-state index in [1.54, 1.807) is 0 Å². The molecule has 6 heteroatoms. The Balaban J connectivity index is 2.85. The van der Waals surface area contributed by atoms with Crippen molar-refractivity contribution < 1.29 is 15.0 Å². The van der Waals surface area contributed by atoms with Crippen molar-refractivity contribution in [3.8, 4) is 0 Å². The van der Waals surface area contributed by atoms with Gasteiger partial charge >= 0.3 is 0 Å². The molecule has 0 aliphatic carbocycles. The number of hydrogen-bond donors (Lipinski definition) is 3. The van der Waals surface area contributed by atoms with Crippen LogP contribution in [0.5, 0.6) is 0 Å². The Kier molecular flexibility index (Phi) is 4.68. The summed E-state index contributed by atoms with van der Waals surface area (Å²) in [4.78, 5) is 17.1. The fourth-order valence-electron chi connectivity index (χ4n) is 1.33. The van der Waals surface area contributed by atoms with Crippen molar-refractivity contribution in [3.63, 3.8) is 0 Å². The van der Waals surface area contributed by atoms with E-state index in [0.717, 1.165) is 0 Å². The van der Waals surface area contributed by atoms with Crippen LogP contribution in [0.2, 0.25) is 0 Å². The van der Waals surface area contributed by atoms with Crippen LogP contribution in [-0.2, 0) is 0 Å². The van der Waals surface area contributed by atoms with E-state index in [2.05, 4.69) is 4.98 Å². The molecule has 0 saturated carbocycles. The summed E-state index contributed by atoms with van der Waals surface area (Å²) in [6, 6.07) is 1.51. The molecule has 1 aromatic heterocycles. The molecule has 1 aromatic rings. The number of nitrogens with zero attached hydrogens (tertiary/aromatic N) is 2. The number of pyridine rings is 1. The Bertz CT molecular complexity index is 351. The molecule has 6 nitrogen and oxygen atoms in total. The van der Waals surface area contributed by atoms with Gasteiger partial charge in [0.2, 0.25) is 0 Å². The Labute approximate surface area is 93.3 Å².